The summed E-state index contributed by atoms with van der Waals surface area (Å²) in [5.74, 6) is 0.126. The van der Waals surface area contributed by atoms with E-state index in [1.165, 1.54) is 0 Å². The Morgan fingerprint density at radius 1 is 1.24 bits per heavy atom. The second-order valence-corrected chi connectivity index (χ2v) is 6.33. The molecule has 0 fully saturated rings. The van der Waals surface area contributed by atoms with Crippen LogP contribution in [0.1, 0.15) is 33.3 Å². The van der Waals surface area contributed by atoms with Crippen molar-refractivity contribution in [1.82, 2.24) is 4.98 Å². The fourth-order valence-corrected chi connectivity index (χ4v) is 2.58. The Balaban J connectivity index is 2.28. The molecule has 3 heteroatoms. The van der Waals surface area contributed by atoms with Crippen LogP contribution in [0, 0.1) is 5.41 Å². The molecule has 0 saturated carbocycles. The van der Waals surface area contributed by atoms with Gasteiger partial charge in [0.25, 0.3) is 0 Å². The van der Waals surface area contributed by atoms with Gasteiger partial charge in [-0.1, -0.05) is 39.0 Å². The van der Waals surface area contributed by atoms with Crippen LogP contribution in [0.25, 0.3) is 10.9 Å². The zero-order chi connectivity index (χ0) is 15.5. The molecule has 3 nitrogen and oxygen atoms in total. The molecular formula is C18H23NO2. The predicted octanol–water partition coefficient (Wildman–Crippen LogP) is 3.80. The molecule has 0 spiro atoms. The van der Waals surface area contributed by atoms with Crippen LogP contribution < -0.4 is 0 Å². The van der Waals surface area contributed by atoms with E-state index in [1.807, 2.05) is 58.0 Å². The zero-order valence-electron chi connectivity index (χ0n) is 13.2. The summed E-state index contributed by atoms with van der Waals surface area (Å²) < 4.78 is 5.69. The number of fused-ring (bicyclic) bond motifs is 1. The summed E-state index contributed by atoms with van der Waals surface area (Å²) in [6.45, 7) is 8.58. The molecule has 0 N–H and O–H groups in total. The van der Waals surface area contributed by atoms with Gasteiger partial charge in [0.2, 0.25) is 0 Å². The third-order valence-electron chi connectivity index (χ3n) is 3.52. The van der Waals surface area contributed by atoms with E-state index in [2.05, 4.69) is 4.98 Å². The molecule has 21 heavy (non-hydrogen) atoms. The highest BCUT2D eigenvalue weighted by Crippen LogP contribution is 2.25. The molecule has 1 unspecified atom stereocenters. The fraction of sp³-hybridized carbons (Fsp3) is 0.444. The van der Waals surface area contributed by atoms with Gasteiger partial charge in [-0.25, -0.2) is 0 Å². The first-order valence-corrected chi connectivity index (χ1v) is 7.40. The van der Waals surface area contributed by atoms with Gasteiger partial charge in [-0.05, 0) is 30.0 Å². The first-order chi connectivity index (χ1) is 9.93. The third-order valence-corrected chi connectivity index (χ3v) is 3.52. The quantitative estimate of drug-likeness (QED) is 0.839. The van der Waals surface area contributed by atoms with Gasteiger partial charge in [0.15, 0.2) is 5.78 Å². The van der Waals surface area contributed by atoms with Crippen molar-refractivity contribution in [2.24, 2.45) is 5.41 Å². The Hall–Kier alpha value is -1.74. The Morgan fingerprint density at radius 3 is 2.62 bits per heavy atom. The van der Waals surface area contributed by atoms with Crippen molar-refractivity contribution in [2.75, 3.05) is 6.61 Å². The highest BCUT2D eigenvalue weighted by molar-refractivity contribution is 5.91. The van der Waals surface area contributed by atoms with E-state index < -0.39 is 0 Å². The van der Waals surface area contributed by atoms with E-state index in [9.17, 15) is 4.79 Å². The first kappa shape index (κ1) is 15.6. The van der Waals surface area contributed by atoms with Crippen molar-refractivity contribution in [1.29, 1.82) is 0 Å². The van der Waals surface area contributed by atoms with Crippen LogP contribution in [-0.4, -0.2) is 23.5 Å². The summed E-state index contributed by atoms with van der Waals surface area (Å²) in [5, 5.41) is 1.04. The minimum atomic E-state index is -0.380. The van der Waals surface area contributed by atoms with Crippen molar-refractivity contribution in [3.05, 3.63) is 42.1 Å². The minimum Gasteiger partial charge on any atom is -0.370 e. The lowest BCUT2D eigenvalue weighted by atomic mass is 9.84. The van der Waals surface area contributed by atoms with Gasteiger partial charge in [0, 0.05) is 24.6 Å². The van der Waals surface area contributed by atoms with Crippen molar-refractivity contribution < 1.29 is 9.53 Å². The summed E-state index contributed by atoms with van der Waals surface area (Å²) in [6.07, 6.45) is 1.76. The molecule has 1 atom stereocenters. The number of hydrogen-bond donors (Lipinski definition) is 0. The average molecular weight is 285 g/mol. The second-order valence-electron chi connectivity index (χ2n) is 6.33. The fourth-order valence-electron chi connectivity index (χ4n) is 2.58. The number of Topliss-reactive ketones (excluding diaryl/α,β-unsaturated/α-hetero) is 1. The molecule has 1 aromatic carbocycles. The molecule has 2 aromatic rings. The third kappa shape index (κ3) is 3.67. The highest BCUT2D eigenvalue weighted by Gasteiger charge is 2.31. The molecular weight excluding hydrogens is 262 g/mol. The van der Waals surface area contributed by atoms with Crippen LogP contribution >= 0.6 is 0 Å². The highest BCUT2D eigenvalue weighted by atomic mass is 16.5. The smallest absolute Gasteiger partial charge is 0.166 e. The zero-order valence-corrected chi connectivity index (χ0v) is 13.2. The molecule has 0 aliphatic carbocycles. The number of nitrogens with zero attached hydrogens (tertiary/aromatic N) is 1. The molecule has 0 aliphatic rings. The van der Waals surface area contributed by atoms with Crippen molar-refractivity contribution in [3.8, 4) is 0 Å². The maximum Gasteiger partial charge on any atom is 0.166 e. The molecule has 112 valence electrons. The summed E-state index contributed by atoms with van der Waals surface area (Å²) in [7, 11) is 0. The Labute approximate surface area is 126 Å². The number of ether oxygens (including phenoxy) is 1. The van der Waals surface area contributed by atoms with Gasteiger partial charge in [-0.2, -0.15) is 0 Å². The largest absolute Gasteiger partial charge is 0.370 e. The topological polar surface area (TPSA) is 39.2 Å². The lowest BCUT2D eigenvalue weighted by Gasteiger charge is -2.29. The van der Waals surface area contributed by atoms with Crippen molar-refractivity contribution in [3.63, 3.8) is 0 Å². The Morgan fingerprint density at radius 2 is 1.95 bits per heavy atom. The Kier molecular flexibility index (Phi) is 4.73. The van der Waals surface area contributed by atoms with E-state index in [0.29, 0.717) is 13.0 Å². The van der Waals surface area contributed by atoms with Gasteiger partial charge in [0.05, 0.1) is 5.52 Å². The van der Waals surface area contributed by atoms with E-state index in [-0.39, 0.29) is 17.3 Å². The molecule has 0 radical (unpaired) electrons. The number of ketones is 1. The molecule has 0 saturated heterocycles. The number of carbonyl (C=O) groups excluding carboxylic acids is 1. The molecule has 0 amide bonds. The molecule has 1 aromatic heterocycles. The van der Waals surface area contributed by atoms with Crippen LogP contribution in [-0.2, 0) is 16.0 Å². The van der Waals surface area contributed by atoms with Crippen LogP contribution in [0.15, 0.2) is 36.5 Å². The maximum atomic E-state index is 12.6. The van der Waals surface area contributed by atoms with Crippen LogP contribution in [0.3, 0.4) is 0 Å². The summed E-state index contributed by atoms with van der Waals surface area (Å²) in [6, 6.07) is 9.83. The lowest BCUT2D eigenvalue weighted by Crippen LogP contribution is -2.38. The number of carbonyl (C=O) groups is 1. The minimum absolute atomic E-state index is 0.126. The van der Waals surface area contributed by atoms with Crippen LogP contribution in [0.5, 0.6) is 0 Å². The average Bonchev–Trinajstić information content (AvgIpc) is 2.44. The van der Waals surface area contributed by atoms with Gasteiger partial charge >= 0.3 is 0 Å². The van der Waals surface area contributed by atoms with Crippen molar-refractivity contribution in [2.45, 2.75) is 40.2 Å². The SMILES string of the molecule is CCOC(C(=O)Cc1ccnc2ccccc12)C(C)(C)C. The van der Waals surface area contributed by atoms with Gasteiger partial charge in [0.1, 0.15) is 6.10 Å². The predicted molar refractivity (Wildman–Crippen MR) is 85.3 cm³/mol. The summed E-state index contributed by atoms with van der Waals surface area (Å²) >= 11 is 0. The summed E-state index contributed by atoms with van der Waals surface area (Å²) in [4.78, 5) is 17.0. The van der Waals surface area contributed by atoms with Crippen molar-refractivity contribution >= 4 is 16.7 Å². The number of pyridine rings is 1. The number of aromatic nitrogens is 1. The van der Waals surface area contributed by atoms with Crippen LogP contribution in [0.2, 0.25) is 0 Å². The Bertz CT molecular complexity index is 623. The molecule has 0 bridgehead atoms. The summed E-state index contributed by atoms with van der Waals surface area (Å²) in [5.41, 5.74) is 1.74. The molecule has 2 rings (SSSR count). The normalized spacial score (nSPS) is 13.3. The van der Waals surface area contributed by atoms with E-state index in [4.69, 9.17) is 4.74 Å². The number of benzene rings is 1. The van der Waals surface area contributed by atoms with Gasteiger partial charge in [-0.3, -0.25) is 9.78 Å². The van der Waals surface area contributed by atoms with E-state index >= 15 is 0 Å². The van der Waals surface area contributed by atoms with E-state index in [0.717, 1.165) is 16.5 Å². The number of hydrogen-bond acceptors (Lipinski definition) is 3. The monoisotopic (exact) mass is 285 g/mol. The number of para-hydroxylation sites is 1. The van der Waals surface area contributed by atoms with Gasteiger partial charge in [-0.15, -0.1) is 0 Å². The second kappa shape index (κ2) is 6.35. The first-order valence-electron chi connectivity index (χ1n) is 7.40. The number of rotatable bonds is 5. The van der Waals surface area contributed by atoms with Gasteiger partial charge < -0.3 is 4.74 Å². The van der Waals surface area contributed by atoms with Crippen LogP contribution in [0.4, 0.5) is 0 Å². The lowest BCUT2D eigenvalue weighted by molar-refractivity contribution is -0.136. The standard InChI is InChI=1S/C18H23NO2/c1-5-21-17(18(2,3)4)16(20)12-13-10-11-19-15-9-7-6-8-14(13)15/h6-11,17H,5,12H2,1-4H3. The molecule has 0 aliphatic heterocycles. The maximum absolute atomic E-state index is 12.6. The van der Waals surface area contributed by atoms with E-state index in [1.54, 1.807) is 6.20 Å². The molecule has 1 heterocycles.